The van der Waals surface area contributed by atoms with Gasteiger partial charge in [-0.05, 0) is 36.1 Å². The Labute approximate surface area is 213 Å². The number of carbonyl (C=O) groups is 2. The van der Waals surface area contributed by atoms with E-state index in [0.29, 0.717) is 17.4 Å². The maximum atomic E-state index is 13.5. The molecule has 1 N–H and O–H groups in total. The molecule has 9 heteroatoms. The number of thiophene rings is 1. The zero-order valence-corrected chi connectivity index (χ0v) is 22.2. The van der Waals surface area contributed by atoms with Crippen molar-refractivity contribution in [1.82, 2.24) is 15.1 Å². The van der Waals surface area contributed by atoms with Gasteiger partial charge in [0.05, 0.1) is 22.4 Å². The van der Waals surface area contributed by atoms with Gasteiger partial charge in [0.15, 0.2) is 0 Å². The monoisotopic (exact) mass is 516 g/mol. The lowest BCUT2D eigenvalue weighted by Gasteiger charge is -2.24. The standard InChI is InChI=1S/C25H29ClN4O2S2/c1-5-11-27-19(31)14-29-20(32)15-34-22(18-10-7-12-33-18)21-23(25(2,3)4)28-30(24(21)29)17-9-6-8-16(26)13-17/h6-10,12-13,22H,5,11,14-15H2,1-4H3,(H,27,31)/t22-/m1/s1. The Balaban J connectivity index is 1.98. The van der Waals surface area contributed by atoms with Gasteiger partial charge < -0.3 is 5.32 Å². The number of carbonyl (C=O) groups excluding carboxylic acids is 2. The second-order valence-corrected chi connectivity index (χ2v) is 11.8. The molecule has 0 spiro atoms. The zero-order chi connectivity index (χ0) is 24.5. The van der Waals surface area contributed by atoms with E-state index in [4.69, 9.17) is 16.7 Å². The first-order valence-corrected chi connectivity index (χ1v) is 13.6. The van der Waals surface area contributed by atoms with Crippen LogP contribution in [0.4, 0.5) is 5.82 Å². The van der Waals surface area contributed by atoms with E-state index >= 15 is 0 Å². The van der Waals surface area contributed by atoms with Crippen molar-refractivity contribution in [3.8, 4) is 5.69 Å². The molecule has 0 bridgehead atoms. The van der Waals surface area contributed by atoms with Crippen LogP contribution in [0.1, 0.15) is 55.5 Å². The van der Waals surface area contributed by atoms with Crippen LogP contribution in [0.25, 0.3) is 5.69 Å². The minimum absolute atomic E-state index is 0.0562. The Morgan fingerprint density at radius 2 is 2.06 bits per heavy atom. The van der Waals surface area contributed by atoms with Crippen molar-refractivity contribution >= 4 is 52.3 Å². The Morgan fingerprint density at radius 3 is 2.71 bits per heavy atom. The highest BCUT2D eigenvalue weighted by atomic mass is 35.5. The van der Waals surface area contributed by atoms with Crippen LogP contribution < -0.4 is 10.2 Å². The summed E-state index contributed by atoms with van der Waals surface area (Å²) in [5.41, 5.74) is 2.35. The van der Waals surface area contributed by atoms with E-state index in [2.05, 4.69) is 37.5 Å². The largest absolute Gasteiger partial charge is 0.355 e. The van der Waals surface area contributed by atoms with Crippen molar-refractivity contribution < 1.29 is 9.59 Å². The van der Waals surface area contributed by atoms with Gasteiger partial charge in [0.1, 0.15) is 12.4 Å². The van der Waals surface area contributed by atoms with Gasteiger partial charge in [0, 0.05) is 27.4 Å². The molecule has 2 amide bonds. The van der Waals surface area contributed by atoms with E-state index in [0.717, 1.165) is 28.2 Å². The first-order chi connectivity index (χ1) is 16.2. The first kappa shape index (κ1) is 24.8. The lowest BCUT2D eigenvalue weighted by Crippen LogP contribution is -2.42. The third-order valence-corrected chi connectivity index (χ3v) is 8.09. The number of benzene rings is 1. The molecule has 3 aromatic rings. The molecule has 4 rings (SSSR count). The maximum absolute atomic E-state index is 13.5. The average Bonchev–Trinajstić information content (AvgIpc) is 3.42. The molecule has 3 heterocycles. The van der Waals surface area contributed by atoms with Gasteiger partial charge in [-0.2, -0.15) is 5.10 Å². The predicted octanol–water partition coefficient (Wildman–Crippen LogP) is 5.58. The molecule has 1 atom stereocenters. The van der Waals surface area contributed by atoms with E-state index < -0.39 is 0 Å². The minimum Gasteiger partial charge on any atom is -0.355 e. The molecule has 1 aromatic carbocycles. The topological polar surface area (TPSA) is 67.2 Å². The smallest absolute Gasteiger partial charge is 0.240 e. The molecular formula is C25H29ClN4O2S2. The molecule has 180 valence electrons. The summed E-state index contributed by atoms with van der Waals surface area (Å²) in [4.78, 5) is 29.0. The normalized spacial score (nSPS) is 16.3. The number of hydrogen-bond acceptors (Lipinski definition) is 5. The van der Waals surface area contributed by atoms with Crippen LogP contribution in [-0.4, -0.2) is 40.4 Å². The Bertz CT molecular complexity index is 1180. The van der Waals surface area contributed by atoms with Crippen LogP contribution in [0.3, 0.4) is 0 Å². The van der Waals surface area contributed by atoms with Gasteiger partial charge in [-0.15, -0.1) is 23.1 Å². The molecule has 1 aliphatic heterocycles. The van der Waals surface area contributed by atoms with Crippen LogP contribution in [0.5, 0.6) is 0 Å². The second-order valence-electron chi connectivity index (χ2n) is 9.26. The molecule has 1 aliphatic rings. The number of aromatic nitrogens is 2. The summed E-state index contributed by atoms with van der Waals surface area (Å²) in [7, 11) is 0. The van der Waals surface area contributed by atoms with Crippen molar-refractivity contribution in [1.29, 1.82) is 0 Å². The average molecular weight is 517 g/mol. The second kappa shape index (κ2) is 10.1. The lowest BCUT2D eigenvalue weighted by molar-refractivity contribution is -0.122. The summed E-state index contributed by atoms with van der Waals surface area (Å²) in [6, 6.07) is 11.6. The van der Waals surface area contributed by atoms with Gasteiger partial charge in [-0.1, -0.05) is 51.4 Å². The van der Waals surface area contributed by atoms with Crippen LogP contribution in [0.15, 0.2) is 41.8 Å². The summed E-state index contributed by atoms with van der Waals surface area (Å²) in [5, 5.41) is 10.5. The fourth-order valence-electron chi connectivity index (χ4n) is 3.99. The van der Waals surface area contributed by atoms with Crippen LogP contribution in [0.2, 0.25) is 5.02 Å². The molecule has 34 heavy (non-hydrogen) atoms. The molecule has 0 aliphatic carbocycles. The van der Waals surface area contributed by atoms with Crippen LogP contribution >= 0.6 is 34.7 Å². The minimum atomic E-state index is -0.284. The number of anilines is 1. The first-order valence-electron chi connectivity index (χ1n) is 11.3. The summed E-state index contributed by atoms with van der Waals surface area (Å²) in [6.07, 6.45) is 0.829. The van der Waals surface area contributed by atoms with E-state index in [1.54, 1.807) is 32.7 Å². The van der Waals surface area contributed by atoms with Gasteiger partial charge in [-0.3, -0.25) is 14.5 Å². The highest BCUT2D eigenvalue weighted by Crippen LogP contribution is 2.49. The summed E-state index contributed by atoms with van der Waals surface area (Å²) in [5.74, 6) is 0.627. The third kappa shape index (κ3) is 5.04. The van der Waals surface area contributed by atoms with E-state index in [1.807, 2.05) is 37.3 Å². The van der Waals surface area contributed by atoms with Crippen LogP contribution in [0, 0.1) is 0 Å². The summed E-state index contributed by atoms with van der Waals surface area (Å²) >= 11 is 9.59. The zero-order valence-electron chi connectivity index (χ0n) is 19.8. The van der Waals surface area contributed by atoms with E-state index in [-0.39, 0.29) is 34.8 Å². The number of nitrogens with zero attached hydrogens (tertiary/aromatic N) is 3. The maximum Gasteiger partial charge on any atom is 0.240 e. The molecule has 0 fully saturated rings. The number of thioether (sulfide) groups is 1. The van der Waals surface area contributed by atoms with E-state index in [1.165, 1.54) is 0 Å². The number of nitrogens with one attached hydrogen (secondary N) is 1. The van der Waals surface area contributed by atoms with Crippen molar-refractivity contribution in [2.75, 3.05) is 23.7 Å². The van der Waals surface area contributed by atoms with Crippen molar-refractivity contribution in [3.63, 3.8) is 0 Å². The Morgan fingerprint density at radius 1 is 1.26 bits per heavy atom. The SMILES string of the molecule is CCCNC(=O)CN1C(=O)CS[C@H](c2cccs2)c2c(C(C)(C)C)nn(-c3cccc(Cl)c3)c21. The third-order valence-electron chi connectivity index (χ3n) is 5.53. The molecule has 2 aromatic heterocycles. The van der Waals surface area contributed by atoms with Crippen LogP contribution in [-0.2, 0) is 15.0 Å². The number of hydrogen-bond donors (Lipinski definition) is 1. The molecule has 0 unspecified atom stereocenters. The summed E-state index contributed by atoms with van der Waals surface area (Å²) < 4.78 is 1.79. The van der Waals surface area contributed by atoms with E-state index in [9.17, 15) is 9.59 Å². The van der Waals surface area contributed by atoms with Gasteiger partial charge in [0.25, 0.3) is 0 Å². The number of fused-ring (bicyclic) bond motifs is 1. The number of halogens is 1. The molecule has 0 saturated heterocycles. The van der Waals surface area contributed by atoms with Crippen molar-refractivity contribution in [3.05, 3.63) is 62.9 Å². The number of rotatable bonds is 6. The molecular weight excluding hydrogens is 488 g/mol. The summed E-state index contributed by atoms with van der Waals surface area (Å²) in [6.45, 7) is 8.89. The van der Waals surface area contributed by atoms with Gasteiger partial charge in [-0.25, -0.2) is 4.68 Å². The number of amides is 2. The molecule has 0 saturated carbocycles. The fraction of sp³-hybridized carbons (Fsp3) is 0.400. The Hall–Kier alpha value is -2.29. The highest BCUT2D eigenvalue weighted by Gasteiger charge is 2.40. The highest BCUT2D eigenvalue weighted by molar-refractivity contribution is 8.00. The van der Waals surface area contributed by atoms with Crippen molar-refractivity contribution in [2.24, 2.45) is 0 Å². The lowest BCUT2D eigenvalue weighted by atomic mass is 9.88. The molecule has 0 radical (unpaired) electrons. The fourth-order valence-corrected chi connectivity index (χ4v) is 6.35. The van der Waals surface area contributed by atoms with Crippen molar-refractivity contribution in [2.45, 2.75) is 44.8 Å². The van der Waals surface area contributed by atoms with Gasteiger partial charge >= 0.3 is 0 Å². The van der Waals surface area contributed by atoms with Gasteiger partial charge in [0.2, 0.25) is 11.8 Å². The molecule has 6 nitrogen and oxygen atoms in total. The Kier molecular flexibility index (Phi) is 7.40. The quantitative estimate of drug-likeness (QED) is 0.464. The predicted molar refractivity (Wildman–Crippen MR) is 142 cm³/mol.